The zero-order valence-electron chi connectivity index (χ0n) is 14.4. The molecule has 7 heteroatoms. The Morgan fingerprint density at radius 1 is 1.21 bits per heavy atom. The molecule has 1 aromatic heterocycles. The fourth-order valence-electron chi connectivity index (χ4n) is 2.40. The molecule has 0 unspecified atom stereocenters. The van der Waals surface area contributed by atoms with Crippen molar-refractivity contribution in [2.75, 3.05) is 6.54 Å². The van der Waals surface area contributed by atoms with Crippen LogP contribution in [0, 0.1) is 13.8 Å². The van der Waals surface area contributed by atoms with Crippen LogP contribution in [0.1, 0.15) is 42.0 Å². The van der Waals surface area contributed by atoms with Gasteiger partial charge in [0.2, 0.25) is 0 Å². The normalized spacial score (nSPS) is 10.9. The molecule has 0 fully saturated rings. The highest BCUT2D eigenvalue weighted by Gasteiger charge is 2.25. The molecule has 0 spiro atoms. The molecule has 1 aromatic carbocycles. The number of rotatable bonds is 6. The Morgan fingerprint density at radius 3 is 2.38 bits per heavy atom. The molecule has 0 aliphatic carbocycles. The monoisotopic (exact) mass is 330 g/mol. The molecule has 0 bridgehead atoms. The van der Waals surface area contributed by atoms with Gasteiger partial charge in [0.05, 0.1) is 17.8 Å². The summed E-state index contributed by atoms with van der Waals surface area (Å²) in [6, 6.07) is 7.63. The standard InChI is InChI=1S/C17H22N4O3/c1-11(2)20(10-9-15(22)23)17(24)16-13(4)21(19-18-16)14-7-5-12(3)6-8-14/h5-8,11H,9-10H2,1-4H3,(H,22,23). The summed E-state index contributed by atoms with van der Waals surface area (Å²) in [5, 5.41) is 17.0. The second kappa shape index (κ2) is 7.25. The Morgan fingerprint density at radius 2 is 1.83 bits per heavy atom. The SMILES string of the molecule is Cc1ccc(-n2nnc(C(=O)N(CCC(=O)O)C(C)C)c2C)cc1. The zero-order valence-corrected chi connectivity index (χ0v) is 14.4. The maximum atomic E-state index is 12.7. The molecule has 0 atom stereocenters. The minimum absolute atomic E-state index is 0.102. The van der Waals surface area contributed by atoms with Gasteiger partial charge in [-0.05, 0) is 39.8 Å². The average Bonchev–Trinajstić information content (AvgIpc) is 2.89. The predicted molar refractivity (Wildman–Crippen MR) is 89.3 cm³/mol. The number of carboxylic acids is 1. The molecule has 0 saturated carbocycles. The highest BCUT2D eigenvalue weighted by molar-refractivity contribution is 5.93. The molecule has 2 aromatic rings. The Balaban J connectivity index is 2.29. The third-order valence-corrected chi connectivity index (χ3v) is 3.83. The van der Waals surface area contributed by atoms with Gasteiger partial charge in [0, 0.05) is 12.6 Å². The van der Waals surface area contributed by atoms with E-state index >= 15 is 0 Å². The lowest BCUT2D eigenvalue weighted by molar-refractivity contribution is -0.137. The van der Waals surface area contributed by atoms with Crippen molar-refractivity contribution in [3.05, 3.63) is 41.2 Å². The minimum atomic E-state index is -0.937. The molecule has 0 aliphatic heterocycles. The van der Waals surface area contributed by atoms with E-state index in [-0.39, 0.29) is 30.6 Å². The molecule has 7 nitrogen and oxygen atoms in total. The fraction of sp³-hybridized carbons (Fsp3) is 0.412. The quantitative estimate of drug-likeness (QED) is 0.877. The molecule has 1 heterocycles. The Bertz CT molecular complexity index is 735. The molecule has 0 radical (unpaired) electrons. The van der Waals surface area contributed by atoms with Crippen LogP contribution >= 0.6 is 0 Å². The van der Waals surface area contributed by atoms with Crippen molar-refractivity contribution in [3.63, 3.8) is 0 Å². The van der Waals surface area contributed by atoms with Crippen LogP contribution in [0.4, 0.5) is 0 Å². The van der Waals surface area contributed by atoms with Crippen LogP contribution in [0.5, 0.6) is 0 Å². The molecular weight excluding hydrogens is 308 g/mol. The molecule has 0 saturated heterocycles. The van der Waals surface area contributed by atoms with Crippen LogP contribution in [-0.4, -0.2) is 49.5 Å². The lowest BCUT2D eigenvalue weighted by Gasteiger charge is -2.25. The van der Waals surface area contributed by atoms with Crippen LogP contribution in [0.25, 0.3) is 5.69 Å². The molecule has 1 N–H and O–H groups in total. The lowest BCUT2D eigenvalue weighted by Crippen LogP contribution is -2.39. The first-order valence-electron chi connectivity index (χ1n) is 7.83. The summed E-state index contributed by atoms with van der Waals surface area (Å²) in [5.74, 6) is -1.24. The van der Waals surface area contributed by atoms with Crippen LogP contribution in [0.2, 0.25) is 0 Å². The van der Waals surface area contributed by atoms with Gasteiger partial charge in [-0.2, -0.15) is 0 Å². The topological polar surface area (TPSA) is 88.3 Å². The van der Waals surface area contributed by atoms with Gasteiger partial charge in [-0.3, -0.25) is 9.59 Å². The summed E-state index contributed by atoms with van der Waals surface area (Å²) in [6.45, 7) is 7.61. The van der Waals surface area contributed by atoms with Crippen molar-refractivity contribution < 1.29 is 14.7 Å². The molecule has 1 amide bonds. The summed E-state index contributed by atoms with van der Waals surface area (Å²) in [4.78, 5) is 25.0. The van der Waals surface area contributed by atoms with Crippen molar-refractivity contribution in [2.24, 2.45) is 0 Å². The zero-order chi connectivity index (χ0) is 17.9. The number of hydrogen-bond acceptors (Lipinski definition) is 4. The fourth-order valence-corrected chi connectivity index (χ4v) is 2.40. The maximum absolute atomic E-state index is 12.7. The second-order valence-electron chi connectivity index (χ2n) is 6.01. The predicted octanol–water partition coefficient (Wildman–Crippen LogP) is 2.21. The Kier molecular flexibility index (Phi) is 5.33. The van der Waals surface area contributed by atoms with E-state index < -0.39 is 5.97 Å². The van der Waals surface area contributed by atoms with Gasteiger partial charge in [-0.1, -0.05) is 22.9 Å². The lowest BCUT2D eigenvalue weighted by atomic mass is 10.2. The molecule has 0 aliphatic rings. The first kappa shape index (κ1) is 17.7. The van der Waals surface area contributed by atoms with Crippen molar-refractivity contribution in [1.82, 2.24) is 19.9 Å². The van der Waals surface area contributed by atoms with E-state index in [1.165, 1.54) is 4.90 Å². The van der Waals surface area contributed by atoms with Crippen LogP contribution in [-0.2, 0) is 4.79 Å². The number of aliphatic carboxylic acids is 1. The van der Waals surface area contributed by atoms with E-state index in [2.05, 4.69) is 10.3 Å². The van der Waals surface area contributed by atoms with Gasteiger partial charge in [-0.25, -0.2) is 4.68 Å². The highest BCUT2D eigenvalue weighted by Crippen LogP contribution is 2.16. The van der Waals surface area contributed by atoms with E-state index in [1.54, 1.807) is 11.6 Å². The minimum Gasteiger partial charge on any atom is -0.481 e. The number of aromatic nitrogens is 3. The number of nitrogens with zero attached hydrogens (tertiary/aromatic N) is 4. The van der Waals surface area contributed by atoms with Crippen molar-refractivity contribution >= 4 is 11.9 Å². The summed E-state index contributed by atoms with van der Waals surface area (Å²) < 4.78 is 1.61. The maximum Gasteiger partial charge on any atom is 0.305 e. The van der Waals surface area contributed by atoms with Gasteiger partial charge in [0.25, 0.3) is 5.91 Å². The number of carboxylic acid groups (broad SMARTS) is 1. The molecule has 24 heavy (non-hydrogen) atoms. The van der Waals surface area contributed by atoms with Gasteiger partial charge in [-0.15, -0.1) is 5.10 Å². The summed E-state index contributed by atoms with van der Waals surface area (Å²) >= 11 is 0. The first-order valence-corrected chi connectivity index (χ1v) is 7.83. The third kappa shape index (κ3) is 3.79. The number of carbonyl (C=O) groups is 2. The van der Waals surface area contributed by atoms with E-state index in [9.17, 15) is 9.59 Å². The van der Waals surface area contributed by atoms with Crippen molar-refractivity contribution in [2.45, 2.75) is 40.2 Å². The Hall–Kier alpha value is -2.70. The van der Waals surface area contributed by atoms with Gasteiger partial charge < -0.3 is 10.0 Å². The number of amides is 1. The largest absolute Gasteiger partial charge is 0.481 e. The first-order chi connectivity index (χ1) is 11.3. The highest BCUT2D eigenvalue weighted by atomic mass is 16.4. The number of hydrogen-bond donors (Lipinski definition) is 1. The smallest absolute Gasteiger partial charge is 0.305 e. The van der Waals surface area contributed by atoms with Crippen LogP contribution in [0.15, 0.2) is 24.3 Å². The van der Waals surface area contributed by atoms with Crippen LogP contribution < -0.4 is 0 Å². The van der Waals surface area contributed by atoms with E-state index in [0.29, 0.717) is 5.69 Å². The summed E-state index contributed by atoms with van der Waals surface area (Å²) in [7, 11) is 0. The van der Waals surface area contributed by atoms with Gasteiger partial charge in [0.1, 0.15) is 0 Å². The van der Waals surface area contributed by atoms with E-state index in [0.717, 1.165) is 11.3 Å². The summed E-state index contributed by atoms with van der Waals surface area (Å²) in [6.07, 6.45) is -0.102. The number of benzene rings is 1. The number of aryl methyl sites for hydroxylation is 1. The van der Waals surface area contributed by atoms with Crippen molar-refractivity contribution in [1.29, 1.82) is 0 Å². The van der Waals surface area contributed by atoms with E-state index in [1.807, 2.05) is 45.0 Å². The average molecular weight is 330 g/mol. The molecule has 2 rings (SSSR count). The number of carbonyl (C=O) groups excluding carboxylic acids is 1. The van der Waals surface area contributed by atoms with Crippen LogP contribution in [0.3, 0.4) is 0 Å². The second-order valence-corrected chi connectivity index (χ2v) is 6.01. The molecule has 128 valence electrons. The van der Waals surface area contributed by atoms with Gasteiger partial charge in [0.15, 0.2) is 5.69 Å². The van der Waals surface area contributed by atoms with E-state index in [4.69, 9.17) is 5.11 Å². The molecular formula is C17H22N4O3. The van der Waals surface area contributed by atoms with Crippen molar-refractivity contribution in [3.8, 4) is 5.69 Å². The Labute approximate surface area is 140 Å². The summed E-state index contributed by atoms with van der Waals surface area (Å²) in [5.41, 5.74) is 2.83. The third-order valence-electron chi connectivity index (χ3n) is 3.83. The van der Waals surface area contributed by atoms with Gasteiger partial charge >= 0.3 is 5.97 Å².